The van der Waals surface area contributed by atoms with Gasteiger partial charge in [0.05, 0.1) is 14.2 Å². The first-order chi connectivity index (χ1) is 8.12. The lowest BCUT2D eigenvalue weighted by Gasteiger charge is -2.29. The van der Waals surface area contributed by atoms with Crippen LogP contribution in [0.25, 0.3) is 0 Å². The molecule has 1 heterocycles. The lowest BCUT2D eigenvalue weighted by atomic mass is 9.86. The maximum Gasteiger partial charge on any atom is 0.124 e. The third-order valence-electron chi connectivity index (χ3n) is 3.74. The first kappa shape index (κ1) is 12.2. The normalized spacial score (nSPS) is 23.8. The van der Waals surface area contributed by atoms with Crippen molar-refractivity contribution in [3.05, 3.63) is 23.3 Å². The quantitative estimate of drug-likeness (QED) is 0.873. The van der Waals surface area contributed by atoms with Gasteiger partial charge in [0.25, 0.3) is 0 Å². The average molecular weight is 235 g/mol. The van der Waals surface area contributed by atoms with E-state index in [0.29, 0.717) is 0 Å². The number of rotatable bonds is 3. The van der Waals surface area contributed by atoms with Crippen LogP contribution in [0.1, 0.15) is 30.9 Å². The van der Waals surface area contributed by atoms with E-state index in [1.54, 1.807) is 14.2 Å². The molecule has 17 heavy (non-hydrogen) atoms. The molecule has 1 N–H and O–H groups in total. The van der Waals surface area contributed by atoms with Gasteiger partial charge < -0.3 is 14.8 Å². The molecule has 3 heteroatoms. The number of ether oxygens (including phenoxy) is 2. The molecule has 1 atom stereocenters. The van der Waals surface area contributed by atoms with Crippen molar-refractivity contribution in [3.8, 4) is 11.5 Å². The van der Waals surface area contributed by atoms with Crippen LogP contribution in [0.3, 0.4) is 0 Å². The Labute approximate surface area is 103 Å². The number of methoxy groups -OCH3 is 2. The van der Waals surface area contributed by atoms with Crippen molar-refractivity contribution < 1.29 is 9.47 Å². The van der Waals surface area contributed by atoms with E-state index in [0.717, 1.165) is 24.5 Å². The van der Waals surface area contributed by atoms with Crippen molar-refractivity contribution in [2.24, 2.45) is 0 Å². The van der Waals surface area contributed by atoms with Crippen LogP contribution in [-0.2, 0) is 5.54 Å². The highest BCUT2D eigenvalue weighted by atomic mass is 16.5. The summed E-state index contributed by atoms with van der Waals surface area (Å²) in [4.78, 5) is 0. The summed E-state index contributed by atoms with van der Waals surface area (Å²) < 4.78 is 10.9. The number of hydrogen-bond acceptors (Lipinski definition) is 3. The summed E-state index contributed by atoms with van der Waals surface area (Å²) >= 11 is 0. The summed E-state index contributed by atoms with van der Waals surface area (Å²) in [5.41, 5.74) is 2.41. The molecule has 2 rings (SSSR count). The molecule has 0 saturated carbocycles. The second kappa shape index (κ2) is 4.57. The van der Waals surface area contributed by atoms with Crippen molar-refractivity contribution in [2.45, 2.75) is 32.2 Å². The highest BCUT2D eigenvalue weighted by molar-refractivity contribution is 5.51. The summed E-state index contributed by atoms with van der Waals surface area (Å²) in [5, 5.41) is 3.58. The van der Waals surface area contributed by atoms with E-state index in [2.05, 4.69) is 19.2 Å². The molecule has 1 fully saturated rings. The topological polar surface area (TPSA) is 30.5 Å². The van der Waals surface area contributed by atoms with E-state index >= 15 is 0 Å². The third kappa shape index (κ3) is 2.00. The van der Waals surface area contributed by atoms with E-state index < -0.39 is 0 Å². The Balaban J connectivity index is 2.56. The molecule has 94 valence electrons. The van der Waals surface area contributed by atoms with Gasteiger partial charge in [-0.1, -0.05) is 0 Å². The van der Waals surface area contributed by atoms with Gasteiger partial charge in [0.1, 0.15) is 11.5 Å². The smallest absolute Gasteiger partial charge is 0.124 e. The van der Waals surface area contributed by atoms with E-state index in [9.17, 15) is 0 Å². The molecule has 0 bridgehead atoms. The van der Waals surface area contributed by atoms with Gasteiger partial charge in [0.2, 0.25) is 0 Å². The molecule has 1 aliphatic heterocycles. The van der Waals surface area contributed by atoms with Crippen LogP contribution in [0.2, 0.25) is 0 Å². The maximum absolute atomic E-state index is 5.51. The predicted octanol–water partition coefficient (Wildman–Crippen LogP) is 2.61. The largest absolute Gasteiger partial charge is 0.496 e. The molecule has 0 radical (unpaired) electrons. The summed E-state index contributed by atoms with van der Waals surface area (Å²) in [6.45, 7) is 5.41. The molecule has 3 nitrogen and oxygen atoms in total. The fourth-order valence-corrected chi connectivity index (χ4v) is 2.85. The van der Waals surface area contributed by atoms with E-state index in [1.165, 1.54) is 17.5 Å². The number of hydrogen-bond donors (Lipinski definition) is 1. The molecule has 0 amide bonds. The van der Waals surface area contributed by atoms with E-state index in [1.807, 2.05) is 12.1 Å². The molecular weight excluding hydrogens is 214 g/mol. The van der Waals surface area contributed by atoms with E-state index in [-0.39, 0.29) is 5.54 Å². The van der Waals surface area contributed by atoms with Crippen molar-refractivity contribution >= 4 is 0 Å². The zero-order valence-corrected chi connectivity index (χ0v) is 11.1. The Morgan fingerprint density at radius 2 is 1.82 bits per heavy atom. The third-order valence-corrected chi connectivity index (χ3v) is 3.74. The molecule has 1 aromatic carbocycles. The van der Waals surface area contributed by atoms with Crippen LogP contribution in [0.15, 0.2) is 12.1 Å². The maximum atomic E-state index is 5.51. The van der Waals surface area contributed by atoms with Gasteiger partial charge in [0.15, 0.2) is 0 Å². The van der Waals surface area contributed by atoms with Crippen LogP contribution in [0.5, 0.6) is 11.5 Å². The van der Waals surface area contributed by atoms with Crippen LogP contribution in [0.4, 0.5) is 0 Å². The minimum Gasteiger partial charge on any atom is -0.496 e. The summed E-state index contributed by atoms with van der Waals surface area (Å²) in [7, 11) is 3.44. The first-order valence-corrected chi connectivity index (χ1v) is 6.09. The molecule has 1 aromatic rings. The molecular formula is C14H21NO2. The SMILES string of the molecule is COc1ccc(OC)c(C2(C)CCCN2)c1C. The van der Waals surface area contributed by atoms with Crippen LogP contribution >= 0.6 is 0 Å². The van der Waals surface area contributed by atoms with Gasteiger partial charge in [-0.15, -0.1) is 0 Å². The molecule has 0 spiro atoms. The summed E-state index contributed by atoms with van der Waals surface area (Å²) in [6, 6.07) is 3.96. The molecule has 0 aliphatic carbocycles. The second-order valence-corrected chi connectivity index (χ2v) is 4.83. The van der Waals surface area contributed by atoms with Crippen molar-refractivity contribution in [2.75, 3.05) is 20.8 Å². The summed E-state index contributed by atoms with van der Waals surface area (Å²) in [6.07, 6.45) is 2.34. The fourth-order valence-electron chi connectivity index (χ4n) is 2.85. The molecule has 1 unspecified atom stereocenters. The Kier molecular flexibility index (Phi) is 3.29. The van der Waals surface area contributed by atoms with Crippen molar-refractivity contribution in [3.63, 3.8) is 0 Å². The number of benzene rings is 1. The van der Waals surface area contributed by atoms with Gasteiger partial charge in [-0.2, -0.15) is 0 Å². The van der Waals surface area contributed by atoms with Crippen molar-refractivity contribution in [1.82, 2.24) is 5.32 Å². The van der Waals surface area contributed by atoms with Crippen molar-refractivity contribution in [1.29, 1.82) is 0 Å². The fraction of sp³-hybridized carbons (Fsp3) is 0.571. The molecule has 0 aromatic heterocycles. The Bertz CT molecular complexity index is 409. The van der Waals surface area contributed by atoms with Crippen LogP contribution < -0.4 is 14.8 Å². The lowest BCUT2D eigenvalue weighted by Crippen LogP contribution is -2.34. The van der Waals surface area contributed by atoms with Gasteiger partial charge in [-0.05, 0) is 50.9 Å². The second-order valence-electron chi connectivity index (χ2n) is 4.83. The molecule has 1 saturated heterocycles. The Morgan fingerprint density at radius 1 is 1.18 bits per heavy atom. The highest BCUT2D eigenvalue weighted by Gasteiger charge is 2.34. The molecule has 1 aliphatic rings. The standard InChI is InChI=1S/C14H21NO2/c1-10-11(16-3)6-7-12(17-4)13(10)14(2)8-5-9-15-14/h6-7,15H,5,8-9H2,1-4H3. The monoisotopic (exact) mass is 235 g/mol. The van der Waals surface area contributed by atoms with Crippen LogP contribution in [0, 0.1) is 6.92 Å². The zero-order chi connectivity index (χ0) is 12.5. The number of nitrogens with one attached hydrogen (secondary N) is 1. The Morgan fingerprint density at radius 3 is 2.35 bits per heavy atom. The van der Waals surface area contributed by atoms with E-state index in [4.69, 9.17) is 9.47 Å². The Hall–Kier alpha value is -1.22. The zero-order valence-electron chi connectivity index (χ0n) is 11.1. The summed E-state index contributed by atoms with van der Waals surface area (Å²) in [5.74, 6) is 1.87. The predicted molar refractivity (Wildman–Crippen MR) is 68.9 cm³/mol. The van der Waals surface area contributed by atoms with Gasteiger partial charge in [-0.3, -0.25) is 0 Å². The minimum atomic E-state index is 0.00394. The van der Waals surface area contributed by atoms with Crippen LogP contribution in [-0.4, -0.2) is 20.8 Å². The van der Waals surface area contributed by atoms with Gasteiger partial charge in [0, 0.05) is 11.1 Å². The minimum absolute atomic E-state index is 0.00394. The van der Waals surface area contributed by atoms with Gasteiger partial charge in [-0.25, -0.2) is 0 Å². The highest BCUT2D eigenvalue weighted by Crippen LogP contribution is 2.41. The lowest BCUT2D eigenvalue weighted by molar-refractivity contribution is 0.361. The average Bonchev–Trinajstić information content (AvgIpc) is 2.76. The van der Waals surface area contributed by atoms with Gasteiger partial charge >= 0.3 is 0 Å². The first-order valence-electron chi connectivity index (χ1n) is 6.09.